The first-order valence-corrected chi connectivity index (χ1v) is 11.9. The molecule has 2 N–H and O–H groups in total. The Morgan fingerprint density at radius 1 is 0.879 bits per heavy atom. The van der Waals surface area contributed by atoms with Gasteiger partial charge in [0.15, 0.2) is 17.2 Å². The molecular formula is C26H30N6O. The summed E-state index contributed by atoms with van der Waals surface area (Å²) in [5.41, 5.74) is 3.15. The molecule has 170 valence electrons. The van der Waals surface area contributed by atoms with E-state index in [0.717, 1.165) is 47.2 Å². The molecule has 1 saturated carbocycles. The SMILES string of the molecule is COc1ccccc1-c1nc(NCCCNC2CCCCC2)c2nnc3ccccc3c2n1. The van der Waals surface area contributed by atoms with Crippen LogP contribution in [-0.2, 0) is 0 Å². The average Bonchev–Trinajstić information content (AvgIpc) is 2.88. The first-order valence-electron chi connectivity index (χ1n) is 11.9. The Kier molecular flexibility index (Phi) is 6.58. The summed E-state index contributed by atoms with van der Waals surface area (Å²) >= 11 is 0. The van der Waals surface area contributed by atoms with Gasteiger partial charge < -0.3 is 15.4 Å². The number of hydrogen-bond donors (Lipinski definition) is 2. The molecule has 0 amide bonds. The normalized spacial score (nSPS) is 14.6. The van der Waals surface area contributed by atoms with Gasteiger partial charge in [0.25, 0.3) is 0 Å². The molecule has 7 nitrogen and oxygen atoms in total. The first-order chi connectivity index (χ1) is 16.3. The van der Waals surface area contributed by atoms with Gasteiger partial charge >= 0.3 is 0 Å². The van der Waals surface area contributed by atoms with Gasteiger partial charge in [-0.1, -0.05) is 49.6 Å². The van der Waals surface area contributed by atoms with Crippen LogP contribution in [-0.4, -0.2) is 46.4 Å². The second-order valence-corrected chi connectivity index (χ2v) is 8.58. The van der Waals surface area contributed by atoms with E-state index in [1.165, 1.54) is 32.1 Å². The fraction of sp³-hybridized carbons (Fsp3) is 0.385. The highest BCUT2D eigenvalue weighted by molar-refractivity contribution is 6.04. The van der Waals surface area contributed by atoms with Crippen LogP contribution in [0.25, 0.3) is 33.3 Å². The van der Waals surface area contributed by atoms with Gasteiger partial charge in [0, 0.05) is 18.0 Å². The lowest BCUT2D eigenvalue weighted by Gasteiger charge is -2.22. The average molecular weight is 443 g/mol. The number of fused-ring (bicyclic) bond motifs is 3. The summed E-state index contributed by atoms with van der Waals surface area (Å²) in [6, 6.07) is 16.4. The van der Waals surface area contributed by atoms with Crippen LogP contribution in [0.3, 0.4) is 0 Å². The molecule has 0 radical (unpaired) electrons. The van der Waals surface area contributed by atoms with Crippen molar-refractivity contribution in [3.05, 3.63) is 48.5 Å². The van der Waals surface area contributed by atoms with Crippen molar-refractivity contribution in [1.29, 1.82) is 0 Å². The molecular weight excluding hydrogens is 412 g/mol. The van der Waals surface area contributed by atoms with Crippen molar-refractivity contribution in [2.75, 3.05) is 25.5 Å². The summed E-state index contributed by atoms with van der Waals surface area (Å²) in [5.74, 6) is 2.06. The van der Waals surface area contributed by atoms with E-state index < -0.39 is 0 Å². The Balaban J connectivity index is 1.44. The van der Waals surface area contributed by atoms with E-state index in [4.69, 9.17) is 14.7 Å². The molecule has 7 heteroatoms. The first kappa shape index (κ1) is 21.5. The molecule has 33 heavy (non-hydrogen) atoms. The number of aromatic nitrogens is 4. The Bertz CT molecular complexity index is 1240. The monoisotopic (exact) mass is 442 g/mol. The van der Waals surface area contributed by atoms with Gasteiger partial charge in [0.05, 0.1) is 18.2 Å². The van der Waals surface area contributed by atoms with Gasteiger partial charge in [0.1, 0.15) is 11.3 Å². The van der Waals surface area contributed by atoms with Crippen LogP contribution in [0.4, 0.5) is 5.82 Å². The lowest BCUT2D eigenvalue weighted by atomic mass is 9.95. The summed E-state index contributed by atoms with van der Waals surface area (Å²) < 4.78 is 5.57. The quantitative estimate of drug-likeness (QED) is 0.294. The Morgan fingerprint density at radius 3 is 2.58 bits per heavy atom. The summed E-state index contributed by atoms with van der Waals surface area (Å²) in [6.45, 7) is 1.79. The topological polar surface area (TPSA) is 84.9 Å². The highest BCUT2D eigenvalue weighted by Gasteiger charge is 2.16. The van der Waals surface area contributed by atoms with Gasteiger partial charge in [-0.05, 0) is 44.0 Å². The third-order valence-electron chi connectivity index (χ3n) is 6.33. The zero-order valence-corrected chi connectivity index (χ0v) is 19.1. The predicted molar refractivity (Wildman–Crippen MR) is 133 cm³/mol. The van der Waals surface area contributed by atoms with E-state index in [0.29, 0.717) is 23.2 Å². The molecule has 1 fully saturated rings. The number of benzene rings is 2. The van der Waals surface area contributed by atoms with Crippen LogP contribution in [0.2, 0.25) is 0 Å². The Labute approximate surface area is 194 Å². The maximum atomic E-state index is 5.57. The van der Waals surface area contributed by atoms with Crippen molar-refractivity contribution >= 4 is 27.8 Å². The van der Waals surface area contributed by atoms with E-state index in [1.807, 2.05) is 48.5 Å². The number of nitrogens with zero attached hydrogens (tertiary/aromatic N) is 4. The summed E-state index contributed by atoms with van der Waals surface area (Å²) in [4.78, 5) is 9.75. The summed E-state index contributed by atoms with van der Waals surface area (Å²) in [7, 11) is 1.67. The molecule has 0 aliphatic heterocycles. The minimum absolute atomic E-state index is 0.612. The molecule has 0 saturated heterocycles. The molecule has 2 aromatic heterocycles. The molecule has 0 atom stereocenters. The third kappa shape index (κ3) is 4.73. The van der Waals surface area contributed by atoms with Crippen LogP contribution >= 0.6 is 0 Å². The number of methoxy groups -OCH3 is 1. The van der Waals surface area contributed by atoms with Crippen LogP contribution in [0.5, 0.6) is 5.75 Å². The minimum Gasteiger partial charge on any atom is -0.496 e. The highest BCUT2D eigenvalue weighted by Crippen LogP contribution is 2.32. The van der Waals surface area contributed by atoms with Gasteiger partial charge in [0.2, 0.25) is 0 Å². The van der Waals surface area contributed by atoms with Crippen molar-refractivity contribution in [2.45, 2.75) is 44.6 Å². The molecule has 4 aromatic rings. The maximum Gasteiger partial charge on any atom is 0.166 e. The van der Waals surface area contributed by atoms with Crippen molar-refractivity contribution in [3.8, 4) is 17.1 Å². The molecule has 2 aromatic carbocycles. The standard InChI is InChI=1S/C26H30N6O/c1-33-22-15-8-6-13-20(22)25-29-23-19-12-5-7-14-21(19)31-32-24(23)26(30-25)28-17-9-16-27-18-10-3-2-4-11-18/h5-8,12-15,18,27H,2-4,9-11,16-17H2,1H3,(H,28,29,30). The van der Waals surface area contributed by atoms with Crippen LogP contribution in [0, 0.1) is 0 Å². The van der Waals surface area contributed by atoms with Crippen LogP contribution in [0.15, 0.2) is 48.5 Å². The zero-order valence-electron chi connectivity index (χ0n) is 19.1. The third-order valence-corrected chi connectivity index (χ3v) is 6.33. The fourth-order valence-electron chi connectivity index (χ4n) is 4.58. The van der Waals surface area contributed by atoms with Crippen molar-refractivity contribution in [3.63, 3.8) is 0 Å². The largest absolute Gasteiger partial charge is 0.496 e. The van der Waals surface area contributed by atoms with E-state index in [2.05, 4.69) is 20.8 Å². The van der Waals surface area contributed by atoms with Gasteiger partial charge in [-0.25, -0.2) is 9.97 Å². The van der Waals surface area contributed by atoms with Crippen LogP contribution < -0.4 is 15.4 Å². The van der Waals surface area contributed by atoms with Gasteiger partial charge in [-0.15, -0.1) is 10.2 Å². The van der Waals surface area contributed by atoms with Gasteiger partial charge in [-0.2, -0.15) is 0 Å². The summed E-state index contributed by atoms with van der Waals surface area (Å²) in [6.07, 6.45) is 7.68. The van der Waals surface area contributed by atoms with Crippen molar-refractivity contribution < 1.29 is 4.74 Å². The lowest BCUT2D eigenvalue weighted by molar-refractivity contribution is 0.373. The number of rotatable bonds is 8. The molecule has 1 aliphatic rings. The predicted octanol–water partition coefficient (Wildman–Crippen LogP) is 4.97. The van der Waals surface area contributed by atoms with Gasteiger partial charge in [-0.3, -0.25) is 0 Å². The molecule has 0 spiro atoms. The van der Waals surface area contributed by atoms with Crippen LogP contribution in [0.1, 0.15) is 38.5 Å². The number of anilines is 1. The van der Waals surface area contributed by atoms with E-state index in [-0.39, 0.29) is 0 Å². The number of nitrogens with one attached hydrogen (secondary N) is 2. The summed E-state index contributed by atoms with van der Waals surface area (Å²) in [5, 5.41) is 17.0. The van der Waals surface area contributed by atoms with E-state index >= 15 is 0 Å². The van der Waals surface area contributed by atoms with E-state index in [1.54, 1.807) is 7.11 Å². The van der Waals surface area contributed by atoms with Crippen molar-refractivity contribution in [2.24, 2.45) is 0 Å². The van der Waals surface area contributed by atoms with Crippen molar-refractivity contribution in [1.82, 2.24) is 25.5 Å². The maximum absolute atomic E-state index is 5.57. The molecule has 1 aliphatic carbocycles. The molecule has 0 bridgehead atoms. The smallest absolute Gasteiger partial charge is 0.166 e. The second kappa shape index (κ2) is 10.1. The fourth-order valence-corrected chi connectivity index (χ4v) is 4.58. The molecule has 5 rings (SSSR count). The number of para-hydroxylation sites is 1. The van der Waals surface area contributed by atoms with E-state index in [9.17, 15) is 0 Å². The lowest BCUT2D eigenvalue weighted by Crippen LogP contribution is -2.32. The minimum atomic E-state index is 0.612. The number of hydrogen-bond acceptors (Lipinski definition) is 7. The highest BCUT2D eigenvalue weighted by atomic mass is 16.5. The molecule has 2 heterocycles. The number of ether oxygens (including phenoxy) is 1. The Morgan fingerprint density at radius 2 is 1.70 bits per heavy atom. The Hall–Kier alpha value is -3.32. The molecule has 0 unspecified atom stereocenters. The second-order valence-electron chi connectivity index (χ2n) is 8.58. The zero-order chi connectivity index (χ0) is 22.5.